The molecule has 0 aromatic heterocycles. The molecule has 6 heteroatoms. The lowest BCUT2D eigenvalue weighted by molar-refractivity contribution is 0.586. The Balaban J connectivity index is 2.31. The summed E-state index contributed by atoms with van der Waals surface area (Å²) in [5.41, 5.74) is 7.03. The predicted molar refractivity (Wildman–Crippen MR) is 79.7 cm³/mol. The monoisotopic (exact) mass is 342 g/mol. The Hall–Kier alpha value is -1.53. The molecule has 0 radical (unpaired) electrons. The molecule has 0 bridgehead atoms. The van der Waals surface area contributed by atoms with Gasteiger partial charge in [0.2, 0.25) is 0 Å². The zero-order chi connectivity index (χ0) is 14.0. The summed E-state index contributed by atoms with van der Waals surface area (Å²) in [6.07, 6.45) is 0. The van der Waals surface area contributed by atoms with Crippen LogP contribution in [0.2, 0.25) is 0 Å². The molecule has 0 fully saturated rings. The standard InChI is InChI=1S/C13H9BrF2N2S/c14-9-5-7(13(17)19)1-3-11(9)18-12-4-2-8(15)6-10(12)16/h1-6,18H,(H2,17,19). The van der Waals surface area contributed by atoms with Crippen molar-refractivity contribution in [2.24, 2.45) is 5.73 Å². The van der Waals surface area contributed by atoms with Crippen molar-refractivity contribution < 1.29 is 8.78 Å². The highest BCUT2D eigenvalue weighted by Crippen LogP contribution is 2.28. The molecule has 19 heavy (non-hydrogen) atoms. The minimum atomic E-state index is -0.662. The highest BCUT2D eigenvalue weighted by molar-refractivity contribution is 9.10. The van der Waals surface area contributed by atoms with Crippen LogP contribution in [0.15, 0.2) is 40.9 Å². The maximum Gasteiger partial charge on any atom is 0.149 e. The normalized spacial score (nSPS) is 10.3. The quantitative estimate of drug-likeness (QED) is 0.824. The van der Waals surface area contributed by atoms with E-state index in [0.29, 0.717) is 15.7 Å². The molecule has 0 atom stereocenters. The molecule has 2 aromatic carbocycles. The first-order valence-electron chi connectivity index (χ1n) is 5.29. The molecule has 0 saturated heterocycles. The number of anilines is 2. The van der Waals surface area contributed by atoms with Gasteiger partial charge in [-0.2, -0.15) is 0 Å². The third-order valence-corrected chi connectivity index (χ3v) is 3.35. The molecule has 2 rings (SSSR count). The second-order valence-electron chi connectivity index (χ2n) is 3.81. The number of rotatable bonds is 3. The average molecular weight is 343 g/mol. The van der Waals surface area contributed by atoms with E-state index < -0.39 is 11.6 Å². The Labute approximate surface area is 122 Å². The predicted octanol–water partition coefficient (Wildman–Crippen LogP) is 4.11. The number of benzene rings is 2. The number of hydrogen-bond donors (Lipinski definition) is 2. The van der Waals surface area contributed by atoms with Crippen LogP contribution in [0.3, 0.4) is 0 Å². The van der Waals surface area contributed by atoms with Gasteiger partial charge >= 0.3 is 0 Å². The van der Waals surface area contributed by atoms with E-state index >= 15 is 0 Å². The number of nitrogens with two attached hydrogens (primary N) is 1. The van der Waals surface area contributed by atoms with Crippen LogP contribution < -0.4 is 11.1 Å². The molecule has 0 unspecified atom stereocenters. The second-order valence-corrected chi connectivity index (χ2v) is 5.10. The third kappa shape index (κ3) is 3.27. The Morgan fingerprint density at radius 1 is 1.11 bits per heavy atom. The molecule has 2 nitrogen and oxygen atoms in total. The van der Waals surface area contributed by atoms with Gasteiger partial charge in [-0.3, -0.25) is 0 Å². The molecule has 0 spiro atoms. The molecule has 3 N–H and O–H groups in total. The highest BCUT2D eigenvalue weighted by atomic mass is 79.9. The lowest BCUT2D eigenvalue weighted by atomic mass is 10.2. The Kier molecular flexibility index (Phi) is 4.11. The van der Waals surface area contributed by atoms with Gasteiger partial charge in [0.25, 0.3) is 0 Å². The SMILES string of the molecule is NC(=S)c1ccc(Nc2ccc(F)cc2F)c(Br)c1. The maximum atomic E-state index is 13.5. The zero-order valence-corrected chi connectivity index (χ0v) is 12.0. The fraction of sp³-hybridized carbons (Fsp3) is 0. The summed E-state index contributed by atoms with van der Waals surface area (Å²) in [5, 5.41) is 2.86. The van der Waals surface area contributed by atoms with Crippen LogP contribution in [-0.4, -0.2) is 4.99 Å². The van der Waals surface area contributed by atoms with Crippen molar-refractivity contribution in [3.05, 3.63) is 58.1 Å². The van der Waals surface area contributed by atoms with Crippen LogP contribution >= 0.6 is 28.1 Å². The van der Waals surface area contributed by atoms with E-state index in [0.717, 1.165) is 6.07 Å². The van der Waals surface area contributed by atoms with Crippen LogP contribution in [0.25, 0.3) is 0 Å². The maximum absolute atomic E-state index is 13.5. The van der Waals surface area contributed by atoms with E-state index in [4.69, 9.17) is 18.0 Å². The topological polar surface area (TPSA) is 38.0 Å². The van der Waals surface area contributed by atoms with Crippen molar-refractivity contribution in [2.45, 2.75) is 0 Å². The van der Waals surface area contributed by atoms with Gasteiger partial charge in [0.1, 0.15) is 16.6 Å². The van der Waals surface area contributed by atoms with E-state index in [9.17, 15) is 8.78 Å². The van der Waals surface area contributed by atoms with Gasteiger partial charge in [-0.15, -0.1) is 0 Å². The molecule has 0 heterocycles. The van der Waals surface area contributed by atoms with Gasteiger partial charge in [0.05, 0.1) is 11.4 Å². The number of hydrogen-bond acceptors (Lipinski definition) is 2. The zero-order valence-electron chi connectivity index (χ0n) is 9.58. The summed E-state index contributed by atoms with van der Waals surface area (Å²) in [7, 11) is 0. The smallest absolute Gasteiger partial charge is 0.149 e. The molecule has 98 valence electrons. The Bertz CT molecular complexity index is 647. The first kappa shape index (κ1) is 13.9. The Morgan fingerprint density at radius 3 is 2.37 bits per heavy atom. The fourth-order valence-corrected chi connectivity index (χ4v) is 2.11. The van der Waals surface area contributed by atoms with Crippen LogP contribution in [0, 0.1) is 11.6 Å². The third-order valence-electron chi connectivity index (χ3n) is 2.45. The van der Waals surface area contributed by atoms with Crippen molar-refractivity contribution in [1.29, 1.82) is 0 Å². The average Bonchev–Trinajstić information content (AvgIpc) is 2.34. The van der Waals surface area contributed by atoms with E-state index in [1.807, 2.05) is 0 Å². The molecule has 0 aliphatic carbocycles. The van der Waals surface area contributed by atoms with E-state index in [2.05, 4.69) is 21.2 Å². The van der Waals surface area contributed by atoms with E-state index in [1.165, 1.54) is 12.1 Å². The number of thiocarbonyl (C=S) groups is 1. The minimum absolute atomic E-state index is 0.185. The fourth-order valence-electron chi connectivity index (χ4n) is 1.51. The van der Waals surface area contributed by atoms with Crippen LogP contribution in [0.1, 0.15) is 5.56 Å². The first-order chi connectivity index (χ1) is 8.97. The van der Waals surface area contributed by atoms with E-state index in [1.54, 1.807) is 18.2 Å². The van der Waals surface area contributed by atoms with Crippen LogP contribution in [0.4, 0.5) is 20.2 Å². The summed E-state index contributed by atoms with van der Waals surface area (Å²) >= 11 is 8.20. The van der Waals surface area contributed by atoms with Crippen LogP contribution in [0.5, 0.6) is 0 Å². The van der Waals surface area contributed by atoms with Crippen molar-refractivity contribution in [2.75, 3.05) is 5.32 Å². The van der Waals surface area contributed by atoms with Crippen molar-refractivity contribution in [1.82, 2.24) is 0 Å². The van der Waals surface area contributed by atoms with Crippen molar-refractivity contribution in [3.8, 4) is 0 Å². The van der Waals surface area contributed by atoms with E-state index in [-0.39, 0.29) is 10.7 Å². The number of halogens is 3. The molecule has 2 aromatic rings. The molecular weight excluding hydrogens is 334 g/mol. The lowest BCUT2D eigenvalue weighted by Gasteiger charge is -2.10. The summed E-state index contributed by atoms with van der Waals surface area (Å²) in [6.45, 7) is 0. The van der Waals surface area contributed by atoms with Crippen molar-refractivity contribution in [3.63, 3.8) is 0 Å². The van der Waals surface area contributed by atoms with Gasteiger partial charge in [0.15, 0.2) is 0 Å². The first-order valence-corrected chi connectivity index (χ1v) is 6.49. The lowest BCUT2D eigenvalue weighted by Crippen LogP contribution is -2.09. The highest BCUT2D eigenvalue weighted by Gasteiger charge is 2.07. The van der Waals surface area contributed by atoms with Gasteiger partial charge in [-0.25, -0.2) is 8.78 Å². The summed E-state index contributed by atoms with van der Waals surface area (Å²) < 4.78 is 27.0. The van der Waals surface area contributed by atoms with Gasteiger partial charge in [0, 0.05) is 16.1 Å². The Morgan fingerprint density at radius 2 is 1.79 bits per heavy atom. The summed E-state index contributed by atoms with van der Waals surface area (Å²) in [4.78, 5) is 0.278. The van der Waals surface area contributed by atoms with Crippen molar-refractivity contribution >= 4 is 44.5 Å². The summed E-state index contributed by atoms with van der Waals surface area (Å²) in [6, 6.07) is 8.49. The number of nitrogens with one attached hydrogen (secondary N) is 1. The minimum Gasteiger partial charge on any atom is -0.389 e. The van der Waals surface area contributed by atoms with Crippen LogP contribution in [-0.2, 0) is 0 Å². The largest absolute Gasteiger partial charge is 0.389 e. The molecule has 0 saturated carbocycles. The van der Waals surface area contributed by atoms with Gasteiger partial charge in [-0.05, 0) is 46.3 Å². The van der Waals surface area contributed by atoms with Gasteiger partial charge < -0.3 is 11.1 Å². The second kappa shape index (κ2) is 5.63. The molecule has 0 aliphatic heterocycles. The molecule has 0 aliphatic rings. The summed E-state index contributed by atoms with van der Waals surface area (Å²) in [5.74, 6) is -1.28. The molecule has 0 amide bonds. The van der Waals surface area contributed by atoms with Gasteiger partial charge in [-0.1, -0.05) is 12.2 Å². The molecular formula is C13H9BrF2N2S.